The van der Waals surface area contributed by atoms with Crippen LogP contribution < -0.4 is 4.72 Å². The summed E-state index contributed by atoms with van der Waals surface area (Å²) in [6.07, 6.45) is 0.210. The fourth-order valence-electron chi connectivity index (χ4n) is 1.43. The number of rotatable bonds is 6. The number of aryl methyl sites for hydroxylation is 1. The molecule has 0 bridgehead atoms. The molecule has 0 unspecified atom stereocenters. The van der Waals surface area contributed by atoms with Gasteiger partial charge in [-0.05, 0) is 25.0 Å². The van der Waals surface area contributed by atoms with E-state index in [1.807, 2.05) is 0 Å². The second-order valence-corrected chi connectivity index (χ2v) is 5.54. The third-order valence-corrected chi connectivity index (χ3v) is 3.96. The lowest BCUT2D eigenvalue weighted by atomic mass is 10.2. The molecular weight excluding hydrogens is 279 g/mol. The maximum absolute atomic E-state index is 13.3. The lowest BCUT2D eigenvalue weighted by molar-refractivity contribution is -0.387. The number of benzene rings is 1. The van der Waals surface area contributed by atoms with E-state index < -0.39 is 26.5 Å². The topological polar surface area (TPSA) is 110 Å². The normalized spacial score (nSPS) is 11.5. The molecule has 0 saturated carbocycles. The molecule has 0 amide bonds. The van der Waals surface area contributed by atoms with Gasteiger partial charge in [0.15, 0.2) is 0 Å². The van der Waals surface area contributed by atoms with Crippen LogP contribution in [0.25, 0.3) is 0 Å². The summed E-state index contributed by atoms with van der Waals surface area (Å²) in [6, 6.07) is 1.49. The van der Waals surface area contributed by atoms with Crippen LogP contribution >= 0.6 is 0 Å². The largest absolute Gasteiger partial charge is 0.396 e. The Morgan fingerprint density at radius 1 is 1.47 bits per heavy atom. The zero-order chi connectivity index (χ0) is 14.6. The van der Waals surface area contributed by atoms with Crippen LogP contribution in [0.5, 0.6) is 0 Å². The molecule has 106 valence electrons. The van der Waals surface area contributed by atoms with Gasteiger partial charge in [0.25, 0.3) is 0 Å². The van der Waals surface area contributed by atoms with Crippen molar-refractivity contribution in [2.75, 3.05) is 13.2 Å². The Kier molecular flexibility index (Phi) is 4.92. The van der Waals surface area contributed by atoms with E-state index in [9.17, 15) is 22.9 Å². The van der Waals surface area contributed by atoms with E-state index in [1.165, 1.54) is 6.92 Å². The number of nitro groups is 1. The lowest BCUT2D eigenvalue weighted by Crippen LogP contribution is -2.26. The van der Waals surface area contributed by atoms with Crippen LogP contribution in [0, 0.1) is 22.9 Å². The van der Waals surface area contributed by atoms with Gasteiger partial charge in [0, 0.05) is 19.2 Å². The van der Waals surface area contributed by atoms with Gasteiger partial charge < -0.3 is 5.11 Å². The van der Waals surface area contributed by atoms with E-state index in [2.05, 4.69) is 4.72 Å². The second kappa shape index (κ2) is 6.04. The van der Waals surface area contributed by atoms with Crippen molar-refractivity contribution in [1.29, 1.82) is 0 Å². The van der Waals surface area contributed by atoms with Crippen molar-refractivity contribution in [3.8, 4) is 0 Å². The summed E-state index contributed by atoms with van der Waals surface area (Å²) in [5.41, 5.74) is -0.826. The number of nitrogens with zero attached hydrogens (tertiary/aromatic N) is 1. The molecule has 7 nitrogen and oxygen atoms in total. The smallest absolute Gasteiger partial charge is 0.306 e. The average molecular weight is 292 g/mol. The number of aliphatic hydroxyl groups excluding tert-OH is 1. The number of nitrogens with one attached hydrogen (secondary N) is 1. The Balaban J connectivity index is 3.19. The minimum atomic E-state index is -3.97. The van der Waals surface area contributed by atoms with Crippen molar-refractivity contribution in [2.45, 2.75) is 18.2 Å². The third-order valence-electron chi connectivity index (χ3n) is 2.36. The van der Waals surface area contributed by atoms with Crippen molar-refractivity contribution in [3.63, 3.8) is 0 Å². The molecule has 0 aliphatic carbocycles. The molecule has 0 fully saturated rings. The van der Waals surface area contributed by atoms with Crippen LogP contribution in [0.1, 0.15) is 12.0 Å². The molecular formula is C10H13FN2O5S. The monoisotopic (exact) mass is 292 g/mol. The first kappa shape index (κ1) is 15.5. The summed E-state index contributed by atoms with van der Waals surface area (Å²) >= 11 is 0. The van der Waals surface area contributed by atoms with Crippen molar-refractivity contribution < 1.29 is 22.8 Å². The van der Waals surface area contributed by atoms with Crippen LogP contribution in [-0.4, -0.2) is 31.6 Å². The Labute approximate surface area is 109 Å². The average Bonchev–Trinajstić information content (AvgIpc) is 2.28. The number of nitro benzene ring substituents is 1. The molecule has 0 atom stereocenters. The highest BCUT2D eigenvalue weighted by molar-refractivity contribution is 7.89. The Morgan fingerprint density at radius 2 is 2.11 bits per heavy atom. The maximum Gasteiger partial charge on any atom is 0.306 e. The van der Waals surface area contributed by atoms with Gasteiger partial charge in [-0.3, -0.25) is 10.1 Å². The molecule has 19 heavy (non-hydrogen) atoms. The standard InChI is InChI=1S/C10H13FN2O5S/c1-7-5-8(11)9(13(15)16)6-10(7)19(17,18)12-3-2-4-14/h5-6,12,14H,2-4H2,1H3. The second-order valence-electron chi connectivity index (χ2n) is 3.80. The lowest BCUT2D eigenvalue weighted by Gasteiger charge is -2.09. The van der Waals surface area contributed by atoms with Crippen LogP contribution in [-0.2, 0) is 10.0 Å². The van der Waals surface area contributed by atoms with Crippen molar-refractivity contribution in [3.05, 3.63) is 33.6 Å². The first-order valence-electron chi connectivity index (χ1n) is 5.34. The van der Waals surface area contributed by atoms with Crippen molar-refractivity contribution in [1.82, 2.24) is 4.72 Å². The molecule has 0 heterocycles. The van der Waals surface area contributed by atoms with Gasteiger partial charge in [0.1, 0.15) is 0 Å². The summed E-state index contributed by atoms with van der Waals surface area (Å²) in [4.78, 5) is 9.26. The summed E-state index contributed by atoms with van der Waals surface area (Å²) < 4.78 is 39.2. The Bertz CT molecular complexity index is 588. The molecule has 1 aromatic rings. The van der Waals surface area contributed by atoms with Gasteiger partial charge in [-0.2, -0.15) is 4.39 Å². The molecule has 1 aromatic carbocycles. The van der Waals surface area contributed by atoms with E-state index in [1.54, 1.807) is 0 Å². The zero-order valence-corrected chi connectivity index (χ0v) is 10.9. The van der Waals surface area contributed by atoms with E-state index in [4.69, 9.17) is 5.11 Å². The van der Waals surface area contributed by atoms with E-state index >= 15 is 0 Å². The van der Waals surface area contributed by atoms with Gasteiger partial charge >= 0.3 is 5.69 Å². The molecule has 2 N–H and O–H groups in total. The molecule has 0 radical (unpaired) electrons. The van der Waals surface area contributed by atoms with Gasteiger partial charge in [-0.25, -0.2) is 13.1 Å². The molecule has 0 aliphatic rings. The molecule has 1 rings (SSSR count). The van der Waals surface area contributed by atoms with Crippen molar-refractivity contribution in [2.24, 2.45) is 0 Å². The Hall–Kier alpha value is -1.58. The van der Waals surface area contributed by atoms with Gasteiger partial charge in [0.2, 0.25) is 15.8 Å². The van der Waals surface area contributed by atoms with Crippen LogP contribution in [0.4, 0.5) is 10.1 Å². The van der Waals surface area contributed by atoms with Crippen LogP contribution in [0.3, 0.4) is 0 Å². The predicted molar refractivity (Wildman–Crippen MR) is 64.7 cm³/mol. The summed E-state index contributed by atoms with van der Waals surface area (Å²) in [5, 5.41) is 19.2. The third kappa shape index (κ3) is 3.69. The summed E-state index contributed by atoms with van der Waals surface area (Å²) in [7, 11) is -3.97. The quantitative estimate of drug-likeness (QED) is 0.455. The van der Waals surface area contributed by atoms with Crippen LogP contribution in [0.15, 0.2) is 17.0 Å². The van der Waals surface area contributed by atoms with Gasteiger partial charge in [-0.1, -0.05) is 0 Å². The highest BCUT2D eigenvalue weighted by atomic mass is 32.2. The molecule has 0 saturated heterocycles. The number of sulfonamides is 1. The highest BCUT2D eigenvalue weighted by Gasteiger charge is 2.23. The highest BCUT2D eigenvalue weighted by Crippen LogP contribution is 2.25. The fourth-order valence-corrected chi connectivity index (χ4v) is 2.75. The first-order chi connectivity index (χ1) is 8.79. The van der Waals surface area contributed by atoms with Gasteiger partial charge in [-0.15, -0.1) is 0 Å². The van der Waals surface area contributed by atoms with E-state index in [-0.39, 0.29) is 30.0 Å². The fraction of sp³-hybridized carbons (Fsp3) is 0.400. The predicted octanol–water partition coefficient (Wildman–Crippen LogP) is 0.703. The first-order valence-corrected chi connectivity index (χ1v) is 6.83. The summed E-state index contributed by atoms with van der Waals surface area (Å²) in [6.45, 7) is 1.14. The maximum atomic E-state index is 13.3. The molecule has 0 spiro atoms. The van der Waals surface area contributed by atoms with Crippen LogP contribution in [0.2, 0.25) is 0 Å². The molecule has 0 aliphatic heterocycles. The zero-order valence-electron chi connectivity index (χ0n) is 10.1. The summed E-state index contributed by atoms with van der Waals surface area (Å²) in [5.74, 6) is -1.09. The molecule has 0 aromatic heterocycles. The number of aliphatic hydroxyl groups is 1. The number of halogens is 1. The van der Waals surface area contributed by atoms with E-state index in [0.29, 0.717) is 6.07 Å². The van der Waals surface area contributed by atoms with E-state index in [0.717, 1.165) is 6.07 Å². The molecule has 9 heteroatoms. The Morgan fingerprint density at radius 3 is 2.63 bits per heavy atom. The minimum Gasteiger partial charge on any atom is -0.396 e. The minimum absolute atomic E-state index is 0.0105. The van der Waals surface area contributed by atoms with Gasteiger partial charge in [0.05, 0.1) is 9.82 Å². The SMILES string of the molecule is Cc1cc(F)c([N+](=O)[O-])cc1S(=O)(=O)NCCCO. The number of hydrogen-bond donors (Lipinski definition) is 2. The van der Waals surface area contributed by atoms with Crippen molar-refractivity contribution >= 4 is 15.7 Å². The number of hydrogen-bond acceptors (Lipinski definition) is 5.